The smallest absolute Gasteiger partial charge is 0.260 e. The molecule has 0 saturated carbocycles. The number of aryl methyl sites for hydroxylation is 4. The molecule has 3 aromatic rings. The molecule has 0 unspecified atom stereocenters. The molecule has 0 fully saturated rings. The average molecular weight is 382 g/mol. The minimum Gasteiger partial charge on any atom is -0.308 e. The molecule has 2 aromatic carbocycles. The molecule has 1 amide bonds. The van der Waals surface area contributed by atoms with E-state index in [0.29, 0.717) is 6.54 Å². The summed E-state index contributed by atoms with van der Waals surface area (Å²) in [7, 11) is 4.04. The summed E-state index contributed by atoms with van der Waals surface area (Å²) in [4.78, 5) is 22.2. The quantitative estimate of drug-likeness (QED) is 0.640. The standard InChI is InChI=1S/C22H27N3OS/c1-14-7-8-16(3)18(12-14)21(26)25(10-9-24(5)6)22-23-19-13-15(2)11-17(4)20(19)27-22/h7-8,11-13H,9-10H2,1-6H3. The molecule has 0 saturated heterocycles. The SMILES string of the molecule is Cc1ccc(C)c(C(=O)N(CCN(C)C)c2nc3cc(C)cc(C)c3s2)c1. The Labute approximate surface area is 165 Å². The molecule has 0 bridgehead atoms. The Morgan fingerprint density at radius 3 is 2.41 bits per heavy atom. The molecule has 4 nitrogen and oxygen atoms in total. The number of likely N-dealkylation sites (N-methyl/N-ethyl adjacent to an activating group) is 1. The van der Waals surface area contributed by atoms with Gasteiger partial charge in [-0.15, -0.1) is 0 Å². The zero-order valence-electron chi connectivity index (χ0n) is 17.0. The first kappa shape index (κ1) is 19.5. The maximum Gasteiger partial charge on any atom is 0.260 e. The summed E-state index contributed by atoms with van der Waals surface area (Å²) in [6.07, 6.45) is 0. The number of carbonyl (C=O) groups excluding carboxylic acids is 1. The van der Waals surface area contributed by atoms with Crippen molar-refractivity contribution in [1.82, 2.24) is 9.88 Å². The van der Waals surface area contributed by atoms with Crippen LogP contribution in [0.5, 0.6) is 0 Å². The van der Waals surface area contributed by atoms with E-state index in [1.54, 1.807) is 11.3 Å². The zero-order chi connectivity index (χ0) is 19.7. The summed E-state index contributed by atoms with van der Waals surface area (Å²) >= 11 is 1.60. The van der Waals surface area contributed by atoms with E-state index in [-0.39, 0.29) is 5.91 Å². The summed E-state index contributed by atoms with van der Waals surface area (Å²) in [5.41, 5.74) is 6.20. The van der Waals surface area contributed by atoms with Gasteiger partial charge in [0, 0.05) is 18.7 Å². The van der Waals surface area contributed by atoms with Crippen LogP contribution in [0, 0.1) is 27.7 Å². The van der Waals surface area contributed by atoms with Crippen molar-refractivity contribution in [3.8, 4) is 0 Å². The first-order valence-corrected chi connectivity index (χ1v) is 9.99. The topological polar surface area (TPSA) is 36.4 Å². The summed E-state index contributed by atoms with van der Waals surface area (Å²) < 4.78 is 1.15. The van der Waals surface area contributed by atoms with Gasteiger partial charge in [-0.25, -0.2) is 4.98 Å². The van der Waals surface area contributed by atoms with Crippen molar-refractivity contribution in [2.45, 2.75) is 27.7 Å². The van der Waals surface area contributed by atoms with Crippen LogP contribution < -0.4 is 4.90 Å². The Bertz CT molecular complexity index is 991. The monoisotopic (exact) mass is 381 g/mol. The number of anilines is 1. The molecule has 0 spiro atoms. The fraction of sp³-hybridized carbons (Fsp3) is 0.364. The third-order valence-corrected chi connectivity index (χ3v) is 5.91. The van der Waals surface area contributed by atoms with Crippen molar-refractivity contribution in [2.75, 3.05) is 32.1 Å². The van der Waals surface area contributed by atoms with E-state index < -0.39 is 0 Å². The van der Waals surface area contributed by atoms with Crippen molar-refractivity contribution in [1.29, 1.82) is 0 Å². The second kappa shape index (κ2) is 7.79. The highest BCUT2D eigenvalue weighted by atomic mass is 32.1. The van der Waals surface area contributed by atoms with Gasteiger partial charge in [0.25, 0.3) is 5.91 Å². The lowest BCUT2D eigenvalue weighted by Crippen LogP contribution is -2.37. The number of rotatable bonds is 5. The lowest BCUT2D eigenvalue weighted by atomic mass is 10.0. The molecule has 0 atom stereocenters. The van der Waals surface area contributed by atoms with Crippen molar-refractivity contribution in [3.63, 3.8) is 0 Å². The van der Waals surface area contributed by atoms with E-state index >= 15 is 0 Å². The Morgan fingerprint density at radius 2 is 1.70 bits per heavy atom. The normalized spacial score (nSPS) is 11.4. The minimum atomic E-state index is 0.0199. The number of aromatic nitrogens is 1. The summed E-state index contributed by atoms with van der Waals surface area (Å²) in [6.45, 7) is 9.58. The molecule has 3 rings (SSSR count). The molecule has 5 heteroatoms. The van der Waals surface area contributed by atoms with Gasteiger partial charge < -0.3 is 4.90 Å². The van der Waals surface area contributed by atoms with E-state index in [9.17, 15) is 4.79 Å². The van der Waals surface area contributed by atoms with E-state index in [4.69, 9.17) is 4.98 Å². The molecule has 1 heterocycles. The lowest BCUT2D eigenvalue weighted by Gasteiger charge is -2.23. The van der Waals surface area contributed by atoms with E-state index in [2.05, 4.69) is 30.9 Å². The molecule has 0 N–H and O–H groups in total. The van der Waals surface area contributed by atoms with E-state index in [1.165, 1.54) is 11.1 Å². The second-order valence-electron chi connectivity index (χ2n) is 7.50. The highest BCUT2D eigenvalue weighted by Crippen LogP contribution is 2.33. The van der Waals surface area contributed by atoms with Gasteiger partial charge in [-0.05, 0) is 70.6 Å². The number of amides is 1. The van der Waals surface area contributed by atoms with Gasteiger partial charge in [-0.3, -0.25) is 9.69 Å². The Kier molecular flexibility index (Phi) is 5.63. The summed E-state index contributed by atoms with van der Waals surface area (Å²) in [5, 5.41) is 0.770. The van der Waals surface area contributed by atoms with E-state index in [0.717, 1.165) is 38.6 Å². The first-order chi connectivity index (χ1) is 12.8. The molecule has 142 valence electrons. The summed E-state index contributed by atoms with van der Waals surface area (Å²) in [5.74, 6) is 0.0199. The molecule has 0 aliphatic carbocycles. The molecule has 0 aliphatic rings. The molecule has 0 aliphatic heterocycles. The number of carbonyl (C=O) groups is 1. The molecule has 1 aromatic heterocycles. The number of thiazole rings is 1. The van der Waals surface area contributed by atoms with Crippen LogP contribution in [0.4, 0.5) is 5.13 Å². The molecular formula is C22H27N3OS. The third kappa shape index (κ3) is 4.20. The summed E-state index contributed by atoms with van der Waals surface area (Å²) in [6, 6.07) is 10.3. The van der Waals surface area contributed by atoms with Crippen LogP contribution in [-0.4, -0.2) is 43.0 Å². The van der Waals surface area contributed by atoms with Crippen LogP contribution in [0.2, 0.25) is 0 Å². The van der Waals surface area contributed by atoms with Crippen LogP contribution in [0.25, 0.3) is 10.2 Å². The highest BCUT2D eigenvalue weighted by molar-refractivity contribution is 7.22. The molecule has 0 radical (unpaired) electrons. The van der Waals surface area contributed by atoms with Gasteiger partial charge in [0.2, 0.25) is 0 Å². The molecule has 27 heavy (non-hydrogen) atoms. The largest absolute Gasteiger partial charge is 0.308 e. The minimum absolute atomic E-state index is 0.0199. The molecular weight excluding hydrogens is 354 g/mol. The Hall–Kier alpha value is -2.24. The predicted octanol–water partition coefficient (Wildman–Crippen LogP) is 4.74. The van der Waals surface area contributed by atoms with Gasteiger partial charge in [0.1, 0.15) is 0 Å². The van der Waals surface area contributed by atoms with Gasteiger partial charge in [-0.1, -0.05) is 35.1 Å². The average Bonchev–Trinajstić information content (AvgIpc) is 3.00. The number of nitrogens with zero attached hydrogens (tertiary/aromatic N) is 3. The zero-order valence-corrected chi connectivity index (χ0v) is 17.8. The Morgan fingerprint density at radius 1 is 0.963 bits per heavy atom. The maximum absolute atomic E-state index is 13.4. The van der Waals surface area contributed by atoms with Crippen LogP contribution in [0.3, 0.4) is 0 Å². The number of benzene rings is 2. The number of hydrogen-bond donors (Lipinski definition) is 0. The van der Waals surface area contributed by atoms with Crippen molar-refractivity contribution < 1.29 is 4.79 Å². The third-order valence-electron chi connectivity index (χ3n) is 4.68. The second-order valence-corrected chi connectivity index (χ2v) is 8.48. The van der Waals surface area contributed by atoms with E-state index in [1.807, 2.05) is 51.0 Å². The van der Waals surface area contributed by atoms with Crippen molar-refractivity contribution in [3.05, 3.63) is 58.1 Å². The van der Waals surface area contributed by atoms with Gasteiger partial charge in [-0.2, -0.15) is 0 Å². The van der Waals surface area contributed by atoms with Crippen LogP contribution in [-0.2, 0) is 0 Å². The van der Waals surface area contributed by atoms with Crippen LogP contribution in [0.1, 0.15) is 32.6 Å². The highest BCUT2D eigenvalue weighted by Gasteiger charge is 2.23. The Balaban J connectivity index is 2.07. The van der Waals surface area contributed by atoms with Crippen LogP contribution in [0.15, 0.2) is 30.3 Å². The first-order valence-electron chi connectivity index (χ1n) is 9.18. The maximum atomic E-state index is 13.4. The lowest BCUT2D eigenvalue weighted by molar-refractivity contribution is 0.0984. The fourth-order valence-corrected chi connectivity index (χ4v) is 4.22. The fourth-order valence-electron chi connectivity index (χ4n) is 3.18. The van der Waals surface area contributed by atoms with Crippen molar-refractivity contribution in [2.24, 2.45) is 0 Å². The number of fused-ring (bicyclic) bond motifs is 1. The van der Waals surface area contributed by atoms with Crippen molar-refractivity contribution >= 4 is 32.6 Å². The van der Waals surface area contributed by atoms with Gasteiger partial charge >= 0.3 is 0 Å². The van der Waals surface area contributed by atoms with Crippen LogP contribution >= 0.6 is 11.3 Å². The van der Waals surface area contributed by atoms with Gasteiger partial charge in [0.05, 0.1) is 10.2 Å². The van der Waals surface area contributed by atoms with Gasteiger partial charge in [0.15, 0.2) is 5.13 Å². The number of hydrogen-bond acceptors (Lipinski definition) is 4. The predicted molar refractivity (Wildman–Crippen MR) is 115 cm³/mol.